The number of fused-ring (bicyclic) bond motifs is 4. The molecule has 0 unspecified atom stereocenters. The van der Waals surface area contributed by atoms with Crippen molar-refractivity contribution in [2.75, 3.05) is 11.4 Å². The average Bonchev–Trinajstić information content (AvgIpc) is 3.23. The van der Waals surface area contributed by atoms with Crippen LogP contribution in [0.3, 0.4) is 0 Å². The summed E-state index contributed by atoms with van der Waals surface area (Å²) in [5.74, 6) is 1.75. The van der Waals surface area contributed by atoms with Crippen LogP contribution in [-0.4, -0.2) is 26.4 Å². The lowest BCUT2D eigenvalue weighted by molar-refractivity contribution is 0.712. The Morgan fingerprint density at radius 1 is 0.690 bits per heavy atom. The second-order valence-electron chi connectivity index (χ2n) is 7.43. The predicted octanol–water partition coefficient (Wildman–Crippen LogP) is 4.51. The molecule has 0 spiro atoms. The minimum atomic E-state index is 0.769. The van der Waals surface area contributed by atoms with Gasteiger partial charge in [0.15, 0.2) is 17.3 Å². The molecule has 2 aromatic heterocycles. The molecule has 0 fully saturated rings. The number of nitrogens with zero attached hydrogens (tertiary/aromatic N) is 5. The molecule has 5 nitrogen and oxygen atoms in total. The topological polar surface area (TPSA) is 46.3 Å². The molecule has 0 atom stereocenters. The van der Waals surface area contributed by atoms with Crippen molar-refractivity contribution in [2.24, 2.45) is 0 Å². The normalized spacial score (nSPS) is 13.7. The molecule has 1 aliphatic rings. The van der Waals surface area contributed by atoms with E-state index in [-0.39, 0.29) is 0 Å². The summed E-state index contributed by atoms with van der Waals surface area (Å²) in [6, 6.07) is 27.2. The van der Waals surface area contributed by atoms with Gasteiger partial charge in [0.25, 0.3) is 0 Å². The fraction of sp³-hybridized carbons (Fsp3) is 0.125. The molecule has 0 aliphatic carbocycles. The van der Waals surface area contributed by atoms with Gasteiger partial charge in [-0.05, 0) is 17.5 Å². The van der Waals surface area contributed by atoms with E-state index in [4.69, 9.17) is 5.10 Å². The lowest BCUT2D eigenvalue weighted by atomic mass is 9.99. The lowest BCUT2D eigenvalue weighted by Gasteiger charge is -2.30. The van der Waals surface area contributed by atoms with Crippen LogP contribution in [-0.2, 0) is 13.0 Å². The molecule has 0 radical (unpaired) electrons. The van der Waals surface area contributed by atoms with E-state index in [9.17, 15) is 0 Å². The van der Waals surface area contributed by atoms with Gasteiger partial charge in [0.2, 0.25) is 0 Å². The van der Waals surface area contributed by atoms with E-state index < -0.39 is 0 Å². The van der Waals surface area contributed by atoms with Crippen LogP contribution in [0.25, 0.3) is 27.8 Å². The van der Waals surface area contributed by atoms with Gasteiger partial charge in [-0.3, -0.25) is 0 Å². The van der Waals surface area contributed by atoms with Crippen molar-refractivity contribution in [1.29, 1.82) is 0 Å². The molecule has 1 aliphatic heterocycles. The Balaban J connectivity index is 1.57. The first-order valence-corrected chi connectivity index (χ1v) is 9.90. The Morgan fingerprint density at radius 2 is 1.41 bits per heavy atom. The van der Waals surface area contributed by atoms with Gasteiger partial charge in [-0.15, -0.1) is 15.3 Å². The van der Waals surface area contributed by atoms with Crippen LogP contribution in [0.4, 0.5) is 5.82 Å². The minimum Gasteiger partial charge on any atom is -0.350 e. The Kier molecular flexibility index (Phi) is 3.59. The highest BCUT2D eigenvalue weighted by Gasteiger charge is 2.22. The zero-order chi connectivity index (χ0) is 19.2. The fourth-order valence-electron chi connectivity index (χ4n) is 4.24. The highest BCUT2D eigenvalue weighted by Crippen LogP contribution is 2.32. The van der Waals surface area contributed by atoms with E-state index >= 15 is 0 Å². The second-order valence-corrected chi connectivity index (χ2v) is 7.43. The van der Waals surface area contributed by atoms with Crippen molar-refractivity contribution in [1.82, 2.24) is 19.8 Å². The summed E-state index contributed by atoms with van der Waals surface area (Å²) in [6.07, 6.45) is 1.03. The molecule has 6 rings (SSSR count). The van der Waals surface area contributed by atoms with E-state index in [0.29, 0.717) is 0 Å². The van der Waals surface area contributed by atoms with Gasteiger partial charge in [-0.1, -0.05) is 78.9 Å². The second kappa shape index (κ2) is 6.41. The largest absolute Gasteiger partial charge is 0.350 e. The minimum absolute atomic E-state index is 0.769. The molecule has 5 aromatic rings. The summed E-state index contributed by atoms with van der Waals surface area (Å²) in [6.45, 7) is 1.81. The van der Waals surface area contributed by atoms with Crippen LogP contribution in [0.15, 0.2) is 78.9 Å². The van der Waals surface area contributed by atoms with Gasteiger partial charge < -0.3 is 4.90 Å². The summed E-state index contributed by atoms with van der Waals surface area (Å²) in [7, 11) is 0. The van der Waals surface area contributed by atoms with Gasteiger partial charge in [0.1, 0.15) is 0 Å². The Bertz CT molecular complexity index is 1340. The molecular formula is C24H19N5. The Labute approximate surface area is 168 Å². The number of aromatic nitrogens is 4. The third kappa shape index (κ3) is 2.58. The molecule has 0 bridgehead atoms. The summed E-state index contributed by atoms with van der Waals surface area (Å²) in [5, 5.41) is 16.2. The van der Waals surface area contributed by atoms with E-state index in [1.54, 1.807) is 0 Å². The highest BCUT2D eigenvalue weighted by molar-refractivity contribution is 6.00. The maximum absolute atomic E-state index is 5.05. The summed E-state index contributed by atoms with van der Waals surface area (Å²) in [5.41, 5.74) is 4.61. The number of hydrogen-bond acceptors (Lipinski definition) is 4. The van der Waals surface area contributed by atoms with Crippen LogP contribution in [0, 0.1) is 0 Å². The highest BCUT2D eigenvalue weighted by atomic mass is 15.4. The van der Waals surface area contributed by atoms with Gasteiger partial charge >= 0.3 is 0 Å². The smallest absolute Gasteiger partial charge is 0.186 e. The van der Waals surface area contributed by atoms with Gasteiger partial charge in [-0.2, -0.15) is 4.52 Å². The fourth-order valence-corrected chi connectivity index (χ4v) is 4.24. The molecule has 0 saturated heterocycles. The van der Waals surface area contributed by atoms with Crippen molar-refractivity contribution < 1.29 is 0 Å². The monoisotopic (exact) mass is 377 g/mol. The molecule has 140 valence electrons. The zero-order valence-electron chi connectivity index (χ0n) is 15.9. The third-order valence-corrected chi connectivity index (χ3v) is 5.71. The summed E-state index contributed by atoms with van der Waals surface area (Å²) < 4.78 is 1.90. The molecule has 29 heavy (non-hydrogen) atoms. The Morgan fingerprint density at radius 3 is 2.28 bits per heavy atom. The standard InChI is InChI=1S/C24H19N5/c1-2-9-18(10-3-1)22-25-26-23-20-12-6-7-13-21(20)24(27-29(22)23)28-15-14-17-8-4-5-11-19(17)16-28/h1-13H,14-16H2. The van der Waals surface area contributed by atoms with E-state index in [2.05, 4.69) is 63.6 Å². The van der Waals surface area contributed by atoms with Crippen molar-refractivity contribution in [3.05, 3.63) is 90.0 Å². The maximum Gasteiger partial charge on any atom is 0.186 e. The maximum atomic E-state index is 5.05. The Hall–Kier alpha value is -3.73. The molecule has 3 heterocycles. The number of anilines is 1. The predicted molar refractivity (Wildman–Crippen MR) is 115 cm³/mol. The first kappa shape index (κ1) is 16.2. The van der Waals surface area contributed by atoms with Gasteiger partial charge in [0.05, 0.1) is 0 Å². The molecular weight excluding hydrogens is 358 g/mol. The molecule has 5 heteroatoms. The number of hydrogen-bond donors (Lipinski definition) is 0. The van der Waals surface area contributed by atoms with Crippen molar-refractivity contribution in [3.63, 3.8) is 0 Å². The quantitative estimate of drug-likeness (QED) is 0.454. The zero-order valence-corrected chi connectivity index (χ0v) is 15.9. The third-order valence-electron chi connectivity index (χ3n) is 5.71. The van der Waals surface area contributed by atoms with E-state index in [1.165, 1.54) is 11.1 Å². The van der Waals surface area contributed by atoms with Crippen molar-refractivity contribution in [3.8, 4) is 11.4 Å². The molecule has 0 saturated carbocycles. The van der Waals surface area contributed by atoms with Crippen LogP contribution in [0.5, 0.6) is 0 Å². The number of rotatable bonds is 2. The summed E-state index contributed by atoms with van der Waals surface area (Å²) >= 11 is 0. The van der Waals surface area contributed by atoms with Crippen molar-refractivity contribution in [2.45, 2.75) is 13.0 Å². The summed E-state index contributed by atoms with van der Waals surface area (Å²) in [4.78, 5) is 2.37. The SMILES string of the molecule is c1ccc(-c2nnc3c4ccccc4c(N4CCc5ccccc5C4)nn23)cc1. The molecule has 0 N–H and O–H groups in total. The number of benzene rings is 3. The van der Waals surface area contributed by atoms with Crippen LogP contribution < -0.4 is 4.90 Å². The van der Waals surface area contributed by atoms with E-state index in [0.717, 1.165) is 53.1 Å². The first-order chi connectivity index (χ1) is 14.4. The van der Waals surface area contributed by atoms with E-state index in [1.807, 2.05) is 34.8 Å². The van der Waals surface area contributed by atoms with Crippen LogP contribution in [0.2, 0.25) is 0 Å². The van der Waals surface area contributed by atoms with Crippen LogP contribution >= 0.6 is 0 Å². The lowest BCUT2D eigenvalue weighted by Crippen LogP contribution is -2.31. The molecule has 3 aromatic carbocycles. The first-order valence-electron chi connectivity index (χ1n) is 9.90. The van der Waals surface area contributed by atoms with Crippen LogP contribution in [0.1, 0.15) is 11.1 Å². The van der Waals surface area contributed by atoms with Crippen molar-refractivity contribution >= 4 is 22.2 Å². The average molecular weight is 377 g/mol. The van der Waals surface area contributed by atoms with Gasteiger partial charge in [0, 0.05) is 29.4 Å². The van der Waals surface area contributed by atoms with Gasteiger partial charge in [-0.25, -0.2) is 0 Å². The molecule has 0 amide bonds.